The SMILES string of the molecule is NC(=O)CCN(C(=O)COC(=O)c1ccccc1NC(=O)c1cccs1)c1ccc(F)cc1. The molecule has 3 N–H and O–H groups in total. The van der Waals surface area contributed by atoms with Crippen molar-refractivity contribution >= 4 is 46.4 Å². The maximum Gasteiger partial charge on any atom is 0.340 e. The lowest BCUT2D eigenvalue weighted by Crippen LogP contribution is -2.37. The summed E-state index contributed by atoms with van der Waals surface area (Å²) in [4.78, 5) is 50.5. The first-order chi connectivity index (χ1) is 15.8. The Morgan fingerprint density at radius 1 is 1.00 bits per heavy atom. The first kappa shape index (κ1) is 23.6. The number of primary amides is 1. The second-order valence-corrected chi connectivity index (χ2v) is 7.74. The third-order valence-corrected chi connectivity index (χ3v) is 5.36. The van der Waals surface area contributed by atoms with Crippen LogP contribution < -0.4 is 16.0 Å². The summed E-state index contributed by atoms with van der Waals surface area (Å²) in [6, 6.07) is 14.7. The summed E-state index contributed by atoms with van der Waals surface area (Å²) >= 11 is 1.25. The maximum atomic E-state index is 13.2. The Morgan fingerprint density at radius 2 is 1.73 bits per heavy atom. The molecule has 8 nitrogen and oxygen atoms in total. The summed E-state index contributed by atoms with van der Waals surface area (Å²) in [5, 5.41) is 4.41. The van der Waals surface area contributed by atoms with Crippen molar-refractivity contribution in [3.63, 3.8) is 0 Å². The van der Waals surface area contributed by atoms with E-state index in [2.05, 4.69) is 5.32 Å². The minimum Gasteiger partial charge on any atom is -0.452 e. The number of nitrogens with two attached hydrogens (primary N) is 1. The number of benzene rings is 2. The number of carbonyl (C=O) groups excluding carboxylic acids is 4. The van der Waals surface area contributed by atoms with Crippen LogP contribution in [0.1, 0.15) is 26.5 Å². The largest absolute Gasteiger partial charge is 0.452 e. The fourth-order valence-electron chi connectivity index (χ4n) is 2.89. The van der Waals surface area contributed by atoms with Gasteiger partial charge in [0.15, 0.2) is 6.61 Å². The van der Waals surface area contributed by atoms with Crippen molar-refractivity contribution in [3.8, 4) is 0 Å². The number of amides is 3. The highest BCUT2D eigenvalue weighted by Gasteiger charge is 2.21. The summed E-state index contributed by atoms with van der Waals surface area (Å²) in [6.07, 6.45) is -0.130. The van der Waals surface area contributed by atoms with Gasteiger partial charge < -0.3 is 20.7 Å². The van der Waals surface area contributed by atoms with Crippen molar-refractivity contribution < 1.29 is 28.3 Å². The van der Waals surface area contributed by atoms with Crippen LogP contribution in [0.15, 0.2) is 66.0 Å². The second-order valence-electron chi connectivity index (χ2n) is 6.79. The number of carbonyl (C=O) groups is 4. The number of hydrogen-bond acceptors (Lipinski definition) is 6. The lowest BCUT2D eigenvalue weighted by Gasteiger charge is -2.22. The number of thiophene rings is 1. The highest BCUT2D eigenvalue weighted by atomic mass is 32.1. The summed E-state index contributed by atoms with van der Waals surface area (Å²) in [5.41, 5.74) is 5.80. The molecule has 0 aliphatic rings. The average molecular weight is 469 g/mol. The molecule has 33 heavy (non-hydrogen) atoms. The monoisotopic (exact) mass is 469 g/mol. The van der Waals surface area contributed by atoms with Gasteiger partial charge in [-0.3, -0.25) is 14.4 Å². The van der Waals surface area contributed by atoms with Crippen molar-refractivity contribution in [2.24, 2.45) is 5.73 Å². The molecule has 3 aromatic rings. The summed E-state index contributed by atoms with van der Waals surface area (Å²) in [5.74, 6) is -2.94. The zero-order valence-corrected chi connectivity index (χ0v) is 18.1. The molecule has 0 saturated carbocycles. The van der Waals surface area contributed by atoms with Gasteiger partial charge in [-0.25, -0.2) is 9.18 Å². The molecule has 0 atom stereocenters. The number of anilines is 2. The van der Waals surface area contributed by atoms with E-state index in [4.69, 9.17) is 10.5 Å². The number of rotatable bonds is 9. The van der Waals surface area contributed by atoms with Crippen LogP contribution in [0.4, 0.5) is 15.8 Å². The third kappa shape index (κ3) is 6.47. The Balaban J connectivity index is 1.69. The van der Waals surface area contributed by atoms with E-state index in [-0.39, 0.29) is 30.1 Å². The van der Waals surface area contributed by atoms with E-state index < -0.39 is 30.2 Å². The Morgan fingerprint density at radius 3 is 2.39 bits per heavy atom. The van der Waals surface area contributed by atoms with Crippen LogP contribution in [0.25, 0.3) is 0 Å². The first-order valence-corrected chi connectivity index (χ1v) is 10.7. The molecule has 0 unspecified atom stereocenters. The molecule has 0 aliphatic heterocycles. The highest BCUT2D eigenvalue weighted by Crippen LogP contribution is 2.20. The number of hydrogen-bond donors (Lipinski definition) is 2. The minimum atomic E-state index is -0.820. The van der Waals surface area contributed by atoms with Gasteiger partial charge in [-0.15, -0.1) is 11.3 Å². The second kappa shape index (κ2) is 11.0. The molecule has 1 aromatic heterocycles. The van der Waals surface area contributed by atoms with E-state index in [0.29, 0.717) is 10.6 Å². The molecule has 10 heteroatoms. The first-order valence-electron chi connectivity index (χ1n) is 9.80. The number of halogens is 1. The molecule has 0 radical (unpaired) electrons. The third-order valence-electron chi connectivity index (χ3n) is 4.49. The van der Waals surface area contributed by atoms with Crippen molar-refractivity contribution in [1.82, 2.24) is 0 Å². The quantitative estimate of drug-likeness (QED) is 0.467. The van der Waals surface area contributed by atoms with Gasteiger partial charge in [-0.1, -0.05) is 18.2 Å². The van der Waals surface area contributed by atoms with Gasteiger partial charge in [0.2, 0.25) is 5.91 Å². The zero-order valence-electron chi connectivity index (χ0n) is 17.3. The van der Waals surface area contributed by atoms with Crippen molar-refractivity contribution in [1.29, 1.82) is 0 Å². The van der Waals surface area contributed by atoms with E-state index in [1.165, 1.54) is 46.6 Å². The molecule has 0 bridgehead atoms. The lowest BCUT2D eigenvalue weighted by molar-refractivity contribution is -0.121. The zero-order chi connectivity index (χ0) is 23.8. The fraction of sp³-hybridized carbons (Fsp3) is 0.130. The van der Waals surface area contributed by atoms with E-state index in [9.17, 15) is 23.6 Å². The molecule has 170 valence electrons. The smallest absolute Gasteiger partial charge is 0.340 e. The van der Waals surface area contributed by atoms with Crippen molar-refractivity contribution in [2.45, 2.75) is 6.42 Å². The van der Waals surface area contributed by atoms with Crippen LogP contribution in [-0.2, 0) is 14.3 Å². The Labute approximate surface area is 192 Å². The Kier molecular flexibility index (Phi) is 7.87. The normalized spacial score (nSPS) is 10.3. The van der Waals surface area contributed by atoms with Gasteiger partial charge in [-0.05, 0) is 47.8 Å². The van der Waals surface area contributed by atoms with Gasteiger partial charge in [0.05, 0.1) is 16.1 Å². The predicted octanol–water partition coefficient (Wildman–Crippen LogP) is 3.20. The van der Waals surface area contributed by atoms with Crippen LogP contribution in [0.5, 0.6) is 0 Å². The van der Waals surface area contributed by atoms with Crippen molar-refractivity contribution in [3.05, 3.63) is 82.3 Å². The molecule has 2 aromatic carbocycles. The van der Waals surface area contributed by atoms with E-state index >= 15 is 0 Å². The van der Waals surface area contributed by atoms with Gasteiger partial charge >= 0.3 is 5.97 Å². The molecule has 0 fully saturated rings. The molecule has 1 heterocycles. The molecule has 0 spiro atoms. The number of ether oxygens (including phenoxy) is 1. The molecule has 0 aliphatic carbocycles. The molecule has 0 saturated heterocycles. The van der Waals surface area contributed by atoms with E-state index in [1.54, 1.807) is 35.7 Å². The minimum absolute atomic E-state index is 0.0647. The van der Waals surface area contributed by atoms with Crippen LogP contribution in [-0.4, -0.2) is 36.8 Å². The molecule has 3 rings (SSSR count). The van der Waals surface area contributed by atoms with Crippen LogP contribution >= 0.6 is 11.3 Å². The van der Waals surface area contributed by atoms with Gasteiger partial charge in [0.25, 0.3) is 11.8 Å². The maximum absolute atomic E-state index is 13.2. The summed E-state index contributed by atoms with van der Waals surface area (Å²) in [6.45, 7) is -0.701. The standard InChI is InChI=1S/C23H20FN3O5S/c24-15-7-9-16(10-8-15)27(12-11-20(25)28)21(29)14-32-23(31)17-4-1-2-5-18(17)26-22(30)19-6-3-13-33-19/h1-10,13H,11-12,14H2,(H2,25,28)(H,26,30). The van der Waals surface area contributed by atoms with Crippen molar-refractivity contribution in [2.75, 3.05) is 23.4 Å². The number of nitrogens with one attached hydrogen (secondary N) is 1. The highest BCUT2D eigenvalue weighted by molar-refractivity contribution is 7.12. The van der Waals surface area contributed by atoms with Crippen LogP contribution in [0, 0.1) is 5.82 Å². The number of nitrogens with zero attached hydrogens (tertiary/aromatic N) is 1. The predicted molar refractivity (Wildman–Crippen MR) is 122 cm³/mol. The number of para-hydroxylation sites is 1. The lowest BCUT2D eigenvalue weighted by atomic mass is 10.1. The van der Waals surface area contributed by atoms with Crippen LogP contribution in [0.3, 0.4) is 0 Å². The van der Waals surface area contributed by atoms with Crippen LogP contribution in [0.2, 0.25) is 0 Å². The number of esters is 1. The summed E-state index contributed by atoms with van der Waals surface area (Å²) < 4.78 is 18.4. The van der Waals surface area contributed by atoms with E-state index in [1.807, 2.05) is 0 Å². The van der Waals surface area contributed by atoms with Gasteiger partial charge in [0.1, 0.15) is 5.82 Å². The Bertz CT molecular complexity index is 1150. The topological polar surface area (TPSA) is 119 Å². The van der Waals surface area contributed by atoms with E-state index in [0.717, 1.165) is 0 Å². The van der Waals surface area contributed by atoms with Gasteiger partial charge in [-0.2, -0.15) is 0 Å². The summed E-state index contributed by atoms with van der Waals surface area (Å²) in [7, 11) is 0. The average Bonchev–Trinajstić information content (AvgIpc) is 3.34. The van der Waals surface area contributed by atoms with Gasteiger partial charge in [0, 0.05) is 18.7 Å². The Hall–Kier alpha value is -4.05. The fourth-order valence-corrected chi connectivity index (χ4v) is 3.50. The molecular weight excluding hydrogens is 449 g/mol. The molecule has 3 amide bonds. The molecular formula is C23H20FN3O5S.